The Morgan fingerprint density at radius 2 is 1.77 bits per heavy atom. The highest BCUT2D eigenvalue weighted by Crippen LogP contribution is 2.39. The van der Waals surface area contributed by atoms with E-state index >= 15 is 0 Å². The predicted molar refractivity (Wildman–Crippen MR) is 119 cm³/mol. The minimum absolute atomic E-state index is 0.0396. The van der Waals surface area contributed by atoms with Gasteiger partial charge in [0, 0.05) is 32.5 Å². The fourth-order valence-electron chi connectivity index (χ4n) is 4.56. The lowest BCUT2D eigenvalue weighted by molar-refractivity contribution is -0.142. The van der Waals surface area contributed by atoms with Gasteiger partial charge in [0.05, 0.1) is 25.0 Å². The Balaban J connectivity index is 1.53. The molecule has 1 amide bonds. The molecule has 3 aliphatic rings. The third-order valence-electron chi connectivity index (χ3n) is 6.10. The molecular weight excluding hydrogens is 420 g/mol. The van der Waals surface area contributed by atoms with Crippen LogP contribution in [0.15, 0.2) is 24.3 Å². The number of rotatable bonds is 3. The molecule has 0 N–H and O–H groups in total. The van der Waals surface area contributed by atoms with E-state index in [2.05, 4.69) is 4.90 Å². The van der Waals surface area contributed by atoms with E-state index in [0.29, 0.717) is 43.3 Å². The second kappa shape index (κ2) is 9.58. The van der Waals surface area contributed by atoms with E-state index in [1.807, 2.05) is 24.3 Å². The topological polar surface area (TPSA) is 66.9 Å². The standard InChI is InChI=1S/C22H26N2O4S2/c25-17-6-3-7-18(26)20(17)21-16-5-2-1-4-15(16)8-9-24(21)19(27)14-30-22(29)23-10-12-28-13-11-23/h1-2,4-5,20-21H,3,6-14H2/t21-/m1/s1. The number of thiocarbonyl (C=S) groups is 1. The molecule has 1 atom stereocenters. The van der Waals surface area contributed by atoms with Gasteiger partial charge in [0.25, 0.3) is 0 Å². The van der Waals surface area contributed by atoms with E-state index in [-0.39, 0.29) is 23.2 Å². The van der Waals surface area contributed by atoms with Gasteiger partial charge in [-0.3, -0.25) is 14.4 Å². The molecule has 0 spiro atoms. The van der Waals surface area contributed by atoms with Gasteiger partial charge in [-0.05, 0) is 24.0 Å². The fourth-order valence-corrected chi connectivity index (χ4v) is 5.70. The first-order valence-electron chi connectivity index (χ1n) is 10.5. The SMILES string of the molecule is O=C1CCCC(=O)C1[C@H]1c2ccccc2CCN1C(=O)CSC(=S)N1CCOCC1. The lowest BCUT2D eigenvalue weighted by atomic mass is 9.75. The molecule has 160 valence electrons. The van der Waals surface area contributed by atoms with Crippen LogP contribution in [0.1, 0.15) is 36.4 Å². The molecule has 1 aromatic carbocycles. The minimum Gasteiger partial charge on any atom is -0.378 e. The van der Waals surface area contributed by atoms with Crippen LogP contribution < -0.4 is 0 Å². The van der Waals surface area contributed by atoms with Crippen molar-refractivity contribution in [2.45, 2.75) is 31.7 Å². The van der Waals surface area contributed by atoms with Crippen molar-refractivity contribution >= 4 is 45.8 Å². The average Bonchev–Trinajstić information content (AvgIpc) is 2.77. The summed E-state index contributed by atoms with van der Waals surface area (Å²) in [5.41, 5.74) is 2.06. The first-order valence-corrected chi connectivity index (χ1v) is 11.9. The number of benzene rings is 1. The van der Waals surface area contributed by atoms with Crippen LogP contribution in [0.2, 0.25) is 0 Å². The number of morpholine rings is 1. The molecule has 4 rings (SSSR count). The summed E-state index contributed by atoms with van der Waals surface area (Å²) in [6, 6.07) is 7.37. The monoisotopic (exact) mass is 446 g/mol. The number of nitrogens with zero attached hydrogens (tertiary/aromatic N) is 2. The van der Waals surface area contributed by atoms with E-state index in [4.69, 9.17) is 17.0 Å². The van der Waals surface area contributed by atoms with Gasteiger partial charge >= 0.3 is 0 Å². The third-order valence-corrected chi connectivity index (χ3v) is 7.60. The second-order valence-corrected chi connectivity index (χ2v) is 9.51. The van der Waals surface area contributed by atoms with Gasteiger partial charge < -0.3 is 14.5 Å². The number of thioether (sulfide) groups is 1. The molecule has 0 aromatic heterocycles. The van der Waals surface area contributed by atoms with Crippen LogP contribution in [-0.4, -0.2) is 70.2 Å². The lowest BCUT2D eigenvalue weighted by Crippen LogP contribution is -2.49. The molecule has 1 saturated carbocycles. The molecule has 1 aromatic rings. The van der Waals surface area contributed by atoms with E-state index in [9.17, 15) is 14.4 Å². The highest BCUT2D eigenvalue weighted by atomic mass is 32.2. The molecule has 2 fully saturated rings. The van der Waals surface area contributed by atoms with Gasteiger partial charge in [0.15, 0.2) is 0 Å². The van der Waals surface area contributed by atoms with Gasteiger partial charge in [-0.25, -0.2) is 0 Å². The quantitative estimate of drug-likeness (QED) is 0.522. The van der Waals surface area contributed by atoms with E-state index in [0.717, 1.165) is 30.6 Å². The molecular formula is C22H26N2O4S2. The van der Waals surface area contributed by atoms with Crippen LogP contribution in [0.25, 0.3) is 0 Å². The normalized spacial score (nSPS) is 22.7. The van der Waals surface area contributed by atoms with Crippen molar-refractivity contribution in [1.82, 2.24) is 9.80 Å². The Kier molecular flexibility index (Phi) is 6.85. The number of carbonyl (C=O) groups is 3. The molecule has 30 heavy (non-hydrogen) atoms. The van der Waals surface area contributed by atoms with Crippen molar-refractivity contribution < 1.29 is 19.1 Å². The predicted octanol–water partition coefficient (Wildman–Crippen LogP) is 2.40. The van der Waals surface area contributed by atoms with Crippen LogP contribution in [0.4, 0.5) is 0 Å². The number of ketones is 2. The summed E-state index contributed by atoms with van der Waals surface area (Å²) in [7, 11) is 0. The van der Waals surface area contributed by atoms with E-state index < -0.39 is 12.0 Å². The van der Waals surface area contributed by atoms with Crippen molar-refractivity contribution in [2.75, 3.05) is 38.6 Å². The summed E-state index contributed by atoms with van der Waals surface area (Å²) < 4.78 is 6.06. The van der Waals surface area contributed by atoms with Crippen molar-refractivity contribution in [3.8, 4) is 0 Å². The van der Waals surface area contributed by atoms with Crippen LogP contribution >= 0.6 is 24.0 Å². The maximum absolute atomic E-state index is 13.2. The zero-order valence-corrected chi connectivity index (χ0v) is 18.5. The van der Waals surface area contributed by atoms with Gasteiger partial charge in [-0.2, -0.15) is 0 Å². The first-order chi connectivity index (χ1) is 14.6. The number of hydrogen-bond acceptors (Lipinski definition) is 6. The molecule has 1 aliphatic carbocycles. The second-order valence-electron chi connectivity index (χ2n) is 7.90. The van der Waals surface area contributed by atoms with Crippen LogP contribution in [0.5, 0.6) is 0 Å². The number of carbonyl (C=O) groups excluding carboxylic acids is 3. The van der Waals surface area contributed by atoms with Gasteiger partial charge in [0.2, 0.25) is 5.91 Å². The van der Waals surface area contributed by atoms with Gasteiger partial charge in [0.1, 0.15) is 21.8 Å². The van der Waals surface area contributed by atoms with Crippen LogP contribution in [0.3, 0.4) is 0 Å². The summed E-state index contributed by atoms with van der Waals surface area (Å²) in [4.78, 5) is 42.6. The number of fused-ring (bicyclic) bond motifs is 1. The molecule has 1 saturated heterocycles. The van der Waals surface area contributed by atoms with Gasteiger partial charge in [-0.15, -0.1) is 0 Å². The Morgan fingerprint density at radius 1 is 1.07 bits per heavy atom. The fraction of sp³-hybridized carbons (Fsp3) is 0.545. The highest BCUT2D eigenvalue weighted by Gasteiger charge is 2.44. The molecule has 2 aliphatic heterocycles. The minimum atomic E-state index is -0.750. The molecule has 8 heteroatoms. The van der Waals surface area contributed by atoms with Crippen molar-refractivity contribution in [1.29, 1.82) is 0 Å². The Bertz CT molecular complexity index is 837. The highest BCUT2D eigenvalue weighted by molar-refractivity contribution is 8.23. The van der Waals surface area contributed by atoms with Crippen LogP contribution in [0, 0.1) is 5.92 Å². The van der Waals surface area contributed by atoms with Gasteiger partial charge in [-0.1, -0.05) is 48.2 Å². The summed E-state index contributed by atoms with van der Waals surface area (Å²) in [6.07, 6.45) is 2.16. The summed E-state index contributed by atoms with van der Waals surface area (Å²) in [5, 5.41) is 0. The third kappa shape index (κ3) is 4.45. The van der Waals surface area contributed by atoms with Crippen molar-refractivity contribution in [3.63, 3.8) is 0 Å². The Hall–Kier alpha value is -1.77. The number of amides is 1. The molecule has 2 heterocycles. The van der Waals surface area contributed by atoms with Crippen molar-refractivity contribution in [2.24, 2.45) is 5.92 Å². The number of ether oxygens (including phenoxy) is 1. The summed E-state index contributed by atoms with van der Waals surface area (Å²) in [5.74, 6) is -0.685. The smallest absolute Gasteiger partial charge is 0.233 e. The maximum atomic E-state index is 13.2. The number of hydrogen-bond donors (Lipinski definition) is 0. The lowest BCUT2D eigenvalue weighted by Gasteiger charge is -2.41. The van der Waals surface area contributed by atoms with E-state index in [1.54, 1.807) is 4.90 Å². The largest absolute Gasteiger partial charge is 0.378 e. The van der Waals surface area contributed by atoms with E-state index in [1.165, 1.54) is 11.8 Å². The summed E-state index contributed by atoms with van der Waals surface area (Å²) >= 11 is 6.86. The zero-order valence-electron chi connectivity index (χ0n) is 16.9. The first kappa shape index (κ1) is 21.5. The molecule has 0 bridgehead atoms. The number of Topliss-reactive ketones (excluding diaryl/α,β-unsaturated/α-hetero) is 2. The molecule has 0 unspecified atom stereocenters. The molecule has 6 nitrogen and oxygen atoms in total. The summed E-state index contributed by atoms with van der Waals surface area (Å²) in [6.45, 7) is 3.29. The van der Waals surface area contributed by atoms with Crippen LogP contribution in [-0.2, 0) is 25.5 Å². The van der Waals surface area contributed by atoms with Crippen molar-refractivity contribution in [3.05, 3.63) is 35.4 Å². The zero-order chi connectivity index (χ0) is 21.1. The molecule has 0 radical (unpaired) electrons. The Morgan fingerprint density at radius 3 is 2.50 bits per heavy atom. The average molecular weight is 447 g/mol. The Labute approximate surface area is 186 Å². The maximum Gasteiger partial charge on any atom is 0.233 e.